The Balaban J connectivity index is 1.76. The van der Waals surface area contributed by atoms with Gasteiger partial charge in [-0.05, 0) is 43.7 Å². The van der Waals surface area contributed by atoms with Crippen LogP contribution in [0.1, 0.15) is 13.8 Å². The van der Waals surface area contributed by atoms with Gasteiger partial charge in [0.15, 0.2) is 0 Å². The molecule has 2 heterocycles. The third-order valence-electron chi connectivity index (χ3n) is 4.88. The summed E-state index contributed by atoms with van der Waals surface area (Å²) >= 11 is 6.10. The molecule has 0 fully saturated rings. The van der Waals surface area contributed by atoms with Gasteiger partial charge in [-0.2, -0.15) is 4.98 Å². The Morgan fingerprint density at radius 3 is 2.66 bits per heavy atom. The molecule has 2 aromatic carbocycles. The first-order valence-electron chi connectivity index (χ1n) is 9.93. The number of aromatic nitrogens is 2. The normalized spacial score (nSPS) is 13.3. The molecule has 0 saturated carbocycles. The van der Waals surface area contributed by atoms with Crippen LogP contribution in [0.5, 0.6) is 0 Å². The molecular weight excluding hydrogens is 428 g/mol. The minimum Gasteiger partial charge on any atom is -0.385 e. The first kappa shape index (κ1) is 21.3. The van der Waals surface area contributed by atoms with Gasteiger partial charge in [0.1, 0.15) is 5.82 Å². The number of nitrogens with zero attached hydrogens (tertiary/aromatic N) is 3. The predicted octanol–water partition coefficient (Wildman–Crippen LogP) is 5.64. The summed E-state index contributed by atoms with van der Waals surface area (Å²) in [5.74, 6) is 0.901. The highest BCUT2D eigenvalue weighted by Crippen LogP contribution is 2.28. The lowest BCUT2D eigenvalue weighted by molar-refractivity contribution is -0.384. The maximum Gasteiger partial charge on any atom is 0.270 e. The van der Waals surface area contributed by atoms with E-state index >= 15 is 0 Å². The number of allylic oxidation sites excluding steroid dienone is 2. The molecule has 0 aliphatic carbocycles. The first-order chi connectivity index (χ1) is 15.4. The number of nitrogens with one attached hydrogen (secondary N) is 3. The van der Waals surface area contributed by atoms with E-state index in [-0.39, 0.29) is 5.69 Å². The van der Waals surface area contributed by atoms with Crippen LogP contribution in [0.4, 0.5) is 23.1 Å². The molecule has 162 valence electrons. The Bertz CT molecular complexity index is 1250. The van der Waals surface area contributed by atoms with Gasteiger partial charge in [-0.3, -0.25) is 10.1 Å². The third-order valence-corrected chi connectivity index (χ3v) is 5.11. The average Bonchev–Trinajstić information content (AvgIpc) is 2.76. The lowest BCUT2D eigenvalue weighted by Gasteiger charge is -2.19. The first-order valence-corrected chi connectivity index (χ1v) is 10.3. The van der Waals surface area contributed by atoms with Gasteiger partial charge in [0.25, 0.3) is 5.69 Å². The molecule has 0 amide bonds. The van der Waals surface area contributed by atoms with Crippen LogP contribution in [0.2, 0.25) is 5.02 Å². The Hall–Kier alpha value is -3.91. The number of dihydropyridines is 1. The van der Waals surface area contributed by atoms with Crippen molar-refractivity contribution < 1.29 is 4.92 Å². The average molecular weight is 449 g/mol. The zero-order valence-electron chi connectivity index (χ0n) is 17.5. The molecule has 1 aliphatic heterocycles. The number of anilines is 3. The maximum atomic E-state index is 11.2. The standard InChI is InChI=1S/C23H21ClN6O2/c1-14-13-25-15(2)9-20(14)27-22-12-21(16-5-3-8-19(10-16)30(31)32)28-23(29-22)26-18-7-4-6-17(24)11-18/h3-12,25H,13H2,1-2H3,(H2,26,27,28,29). The second-order valence-electron chi connectivity index (χ2n) is 7.40. The fourth-order valence-electron chi connectivity index (χ4n) is 3.23. The highest BCUT2D eigenvalue weighted by molar-refractivity contribution is 6.30. The van der Waals surface area contributed by atoms with Crippen molar-refractivity contribution in [2.75, 3.05) is 17.2 Å². The van der Waals surface area contributed by atoms with Crippen molar-refractivity contribution in [3.05, 3.63) is 92.8 Å². The molecule has 3 aromatic rings. The van der Waals surface area contributed by atoms with Crippen molar-refractivity contribution in [1.82, 2.24) is 15.3 Å². The fraction of sp³-hybridized carbons (Fsp3) is 0.130. The molecular formula is C23H21ClN6O2. The molecule has 1 aromatic heterocycles. The van der Waals surface area contributed by atoms with E-state index in [0.717, 1.165) is 29.2 Å². The van der Waals surface area contributed by atoms with E-state index in [1.807, 2.05) is 32.1 Å². The fourth-order valence-corrected chi connectivity index (χ4v) is 3.42. The highest BCUT2D eigenvalue weighted by Gasteiger charge is 2.14. The van der Waals surface area contributed by atoms with Crippen LogP contribution in [-0.2, 0) is 0 Å². The van der Waals surface area contributed by atoms with E-state index in [0.29, 0.717) is 28.0 Å². The summed E-state index contributed by atoms with van der Waals surface area (Å²) in [4.78, 5) is 20.0. The second-order valence-corrected chi connectivity index (χ2v) is 7.84. The van der Waals surface area contributed by atoms with Crippen molar-refractivity contribution in [3.8, 4) is 11.3 Å². The van der Waals surface area contributed by atoms with Gasteiger partial charge < -0.3 is 16.0 Å². The van der Waals surface area contributed by atoms with Crippen LogP contribution in [0.3, 0.4) is 0 Å². The molecule has 3 N–H and O–H groups in total. The van der Waals surface area contributed by atoms with Gasteiger partial charge in [0.2, 0.25) is 5.95 Å². The van der Waals surface area contributed by atoms with Gasteiger partial charge >= 0.3 is 0 Å². The lowest BCUT2D eigenvalue weighted by atomic mass is 10.1. The smallest absolute Gasteiger partial charge is 0.270 e. The quantitative estimate of drug-likeness (QED) is 0.331. The van der Waals surface area contributed by atoms with E-state index in [9.17, 15) is 10.1 Å². The summed E-state index contributed by atoms with van der Waals surface area (Å²) in [5.41, 5.74) is 5.01. The molecule has 0 saturated heterocycles. The summed E-state index contributed by atoms with van der Waals surface area (Å²) < 4.78 is 0. The summed E-state index contributed by atoms with van der Waals surface area (Å²) in [6.07, 6.45) is 2.01. The minimum atomic E-state index is -0.425. The zero-order chi connectivity index (χ0) is 22.7. The molecule has 1 aliphatic rings. The molecule has 9 heteroatoms. The number of benzene rings is 2. The van der Waals surface area contributed by atoms with E-state index < -0.39 is 4.92 Å². The predicted molar refractivity (Wildman–Crippen MR) is 127 cm³/mol. The number of hydrogen-bond acceptors (Lipinski definition) is 7. The van der Waals surface area contributed by atoms with Crippen molar-refractivity contribution in [2.45, 2.75) is 13.8 Å². The molecule has 32 heavy (non-hydrogen) atoms. The van der Waals surface area contributed by atoms with Crippen LogP contribution in [0, 0.1) is 10.1 Å². The highest BCUT2D eigenvalue weighted by atomic mass is 35.5. The maximum absolute atomic E-state index is 11.2. The van der Waals surface area contributed by atoms with Gasteiger partial charge in [0, 0.05) is 52.4 Å². The number of nitro benzene ring substituents is 1. The van der Waals surface area contributed by atoms with E-state index in [2.05, 4.69) is 25.9 Å². The van der Waals surface area contributed by atoms with Crippen LogP contribution < -0.4 is 16.0 Å². The number of rotatable bonds is 6. The van der Waals surface area contributed by atoms with Gasteiger partial charge in [0.05, 0.1) is 10.6 Å². The Morgan fingerprint density at radius 1 is 1.06 bits per heavy atom. The number of nitro groups is 1. The number of halogens is 1. The minimum absolute atomic E-state index is 0.00422. The molecule has 0 bridgehead atoms. The van der Waals surface area contributed by atoms with Crippen LogP contribution in [0.25, 0.3) is 11.3 Å². The Morgan fingerprint density at radius 2 is 1.88 bits per heavy atom. The van der Waals surface area contributed by atoms with E-state index in [4.69, 9.17) is 11.6 Å². The van der Waals surface area contributed by atoms with Crippen molar-refractivity contribution >= 4 is 34.7 Å². The molecule has 0 atom stereocenters. The second kappa shape index (κ2) is 9.07. The largest absolute Gasteiger partial charge is 0.385 e. The third kappa shape index (κ3) is 5.04. The molecule has 8 nitrogen and oxygen atoms in total. The lowest BCUT2D eigenvalue weighted by Crippen LogP contribution is -2.21. The summed E-state index contributed by atoms with van der Waals surface area (Å²) in [5, 5.41) is 21.6. The summed E-state index contributed by atoms with van der Waals surface area (Å²) in [6, 6.07) is 15.4. The topological polar surface area (TPSA) is 105 Å². The molecule has 0 unspecified atom stereocenters. The SMILES string of the molecule is CC1=CC(Nc2cc(-c3cccc([N+](=O)[O-])c3)nc(Nc3cccc(Cl)c3)n2)=C(C)CN1. The van der Waals surface area contributed by atoms with Crippen molar-refractivity contribution in [2.24, 2.45) is 0 Å². The van der Waals surface area contributed by atoms with Crippen LogP contribution >= 0.6 is 11.6 Å². The van der Waals surface area contributed by atoms with E-state index in [1.54, 1.807) is 30.3 Å². The zero-order valence-corrected chi connectivity index (χ0v) is 18.3. The Labute approximate surface area is 190 Å². The van der Waals surface area contributed by atoms with E-state index in [1.165, 1.54) is 12.1 Å². The van der Waals surface area contributed by atoms with Crippen molar-refractivity contribution in [1.29, 1.82) is 0 Å². The number of non-ortho nitro benzene ring substituents is 1. The van der Waals surface area contributed by atoms with Crippen LogP contribution in [-0.4, -0.2) is 21.4 Å². The van der Waals surface area contributed by atoms with Gasteiger partial charge in [-0.15, -0.1) is 0 Å². The monoisotopic (exact) mass is 448 g/mol. The number of hydrogen-bond donors (Lipinski definition) is 3. The van der Waals surface area contributed by atoms with Crippen LogP contribution in [0.15, 0.2) is 77.6 Å². The van der Waals surface area contributed by atoms with Gasteiger partial charge in [-0.1, -0.05) is 29.8 Å². The summed E-state index contributed by atoms with van der Waals surface area (Å²) in [6.45, 7) is 4.77. The molecule has 0 spiro atoms. The van der Waals surface area contributed by atoms with Crippen molar-refractivity contribution in [3.63, 3.8) is 0 Å². The van der Waals surface area contributed by atoms with Gasteiger partial charge in [-0.25, -0.2) is 4.98 Å². The summed E-state index contributed by atoms with van der Waals surface area (Å²) in [7, 11) is 0. The molecule has 4 rings (SSSR count). The molecule has 0 radical (unpaired) electrons. The Kier molecular flexibility index (Phi) is 6.04.